The predicted molar refractivity (Wildman–Crippen MR) is 70.1 cm³/mol. The summed E-state index contributed by atoms with van der Waals surface area (Å²) in [6.45, 7) is 0. The highest BCUT2D eigenvalue weighted by Gasteiger charge is 2.26. The van der Waals surface area contributed by atoms with E-state index >= 15 is 0 Å². The molecule has 2 aliphatic rings. The van der Waals surface area contributed by atoms with E-state index in [1.165, 1.54) is 0 Å². The van der Waals surface area contributed by atoms with Crippen molar-refractivity contribution in [2.24, 2.45) is 16.6 Å². The molecular formula is C13H10N2S. The van der Waals surface area contributed by atoms with Gasteiger partial charge in [0.15, 0.2) is 0 Å². The van der Waals surface area contributed by atoms with Gasteiger partial charge in [-0.25, -0.2) is 0 Å². The number of allylic oxidation sites excluding steroid dienone is 3. The number of thiocarbonyl (C=S) groups is 1. The van der Waals surface area contributed by atoms with Crippen LogP contribution in [0.15, 0.2) is 53.2 Å². The van der Waals surface area contributed by atoms with Crippen LogP contribution in [-0.4, -0.2) is 10.6 Å². The van der Waals surface area contributed by atoms with Gasteiger partial charge in [0, 0.05) is 16.1 Å². The highest BCUT2D eigenvalue weighted by molar-refractivity contribution is 7.81. The molecule has 1 aliphatic heterocycles. The van der Waals surface area contributed by atoms with Crippen LogP contribution in [0.3, 0.4) is 0 Å². The van der Waals surface area contributed by atoms with Gasteiger partial charge >= 0.3 is 0 Å². The SMILES string of the molecule is NC1=CC2=Nc3ccccc3C(=S)C2C=C1. The fraction of sp³-hybridized carbons (Fsp3) is 0.0769. The third-order valence-electron chi connectivity index (χ3n) is 2.82. The molecule has 0 fully saturated rings. The van der Waals surface area contributed by atoms with Gasteiger partial charge in [0.1, 0.15) is 0 Å². The molecule has 0 bridgehead atoms. The van der Waals surface area contributed by atoms with Crippen LogP contribution in [0.25, 0.3) is 0 Å². The summed E-state index contributed by atoms with van der Waals surface area (Å²) in [5.74, 6) is 0.109. The Kier molecular flexibility index (Phi) is 2.01. The summed E-state index contributed by atoms with van der Waals surface area (Å²) in [6.07, 6.45) is 5.81. The number of nitrogens with zero attached hydrogens (tertiary/aromatic N) is 1. The normalized spacial score (nSPS) is 22.0. The highest BCUT2D eigenvalue weighted by atomic mass is 32.1. The topological polar surface area (TPSA) is 38.4 Å². The molecule has 1 aromatic carbocycles. The molecule has 1 aliphatic carbocycles. The van der Waals surface area contributed by atoms with Gasteiger partial charge in [0.25, 0.3) is 0 Å². The second-order valence-corrected chi connectivity index (χ2v) is 4.34. The number of aliphatic imine (C=N–C) groups is 1. The molecule has 3 rings (SSSR count). The lowest BCUT2D eigenvalue weighted by Gasteiger charge is -2.24. The van der Waals surface area contributed by atoms with Crippen LogP contribution in [0.1, 0.15) is 5.56 Å². The summed E-state index contributed by atoms with van der Waals surface area (Å²) in [5.41, 5.74) is 9.44. The van der Waals surface area contributed by atoms with Crippen molar-refractivity contribution in [2.45, 2.75) is 0 Å². The molecule has 3 heteroatoms. The first-order chi connectivity index (χ1) is 7.75. The van der Waals surface area contributed by atoms with Crippen LogP contribution >= 0.6 is 12.2 Å². The third kappa shape index (κ3) is 1.32. The Labute approximate surface area is 99.2 Å². The van der Waals surface area contributed by atoms with Crippen LogP contribution < -0.4 is 5.73 Å². The number of benzene rings is 1. The molecule has 1 aromatic rings. The van der Waals surface area contributed by atoms with E-state index in [4.69, 9.17) is 18.0 Å². The number of nitrogens with two attached hydrogens (primary N) is 1. The van der Waals surface area contributed by atoms with Gasteiger partial charge in [-0.1, -0.05) is 36.5 Å². The lowest BCUT2D eigenvalue weighted by atomic mass is 9.87. The zero-order valence-electron chi connectivity index (χ0n) is 8.55. The van der Waals surface area contributed by atoms with Gasteiger partial charge in [-0.05, 0) is 18.2 Å². The average molecular weight is 226 g/mol. The maximum absolute atomic E-state index is 5.76. The number of para-hydroxylation sites is 1. The summed E-state index contributed by atoms with van der Waals surface area (Å²) >= 11 is 5.49. The minimum Gasteiger partial charge on any atom is -0.399 e. The molecule has 0 saturated heterocycles. The van der Waals surface area contributed by atoms with Crippen molar-refractivity contribution >= 4 is 28.5 Å². The van der Waals surface area contributed by atoms with Crippen molar-refractivity contribution in [3.63, 3.8) is 0 Å². The standard InChI is InChI=1S/C13H10N2S/c14-8-5-6-10-12(7-8)15-11-4-2-1-3-9(11)13(10)16/h1-7,10H,14H2. The van der Waals surface area contributed by atoms with Crippen LogP contribution in [-0.2, 0) is 0 Å². The first kappa shape index (κ1) is 9.48. The number of hydrogen-bond acceptors (Lipinski definition) is 3. The molecule has 0 radical (unpaired) electrons. The number of rotatable bonds is 0. The Balaban J connectivity index is 2.21. The van der Waals surface area contributed by atoms with E-state index < -0.39 is 0 Å². The van der Waals surface area contributed by atoms with E-state index in [1.54, 1.807) is 0 Å². The first-order valence-electron chi connectivity index (χ1n) is 5.13. The van der Waals surface area contributed by atoms with Gasteiger partial charge in [-0.15, -0.1) is 0 Å². The van der Waals surface area contributed by atoms with E-state index in [0.717, 1.165) is 27.5 Å². The first-order valence-corrected chi connectivity index (χ1v) is 5.54. The zero-order chi connectivity index (χ0) is 11.1. The molecule has 0 aromatic heterocycles. The van der Waals surface area contributed by atoms with Crippen LogP contribution in [0, 0.1) is 5.92 Å². The maximum Gasteiger partial charge on any atom is 0.0717 e. The van der Waals surface area contributed by atoms with E-state index in [9.17, 15) is 0 Å². The summed E-state index contributed by atoms with van der Waals surface area (Å²) in [7, 11) is 0. The minimum atomic E-state index is 0.109. The van der Waals surface area contributed by atoms with Gasteiger partial charge in [-0.3, -0.25) is 4.99 Å². The van der Waals surface area contributed by atoms with E-state index in [2.05, 4.69) is 4.99 Å². The second kappa shape index (κ2) is 3.39. The van der Waals surface area contributed by atoms with Crippen molar-refractivity contribution in [3.8, 4) is 0 Å². The Morgan fingerprint density at radius 1 is 1.25 bits per heavy atom. The molecule has 2 N–H and O–H groups in total. The van der Waals surface area contributed by atoms with Gasteiger partial charge in [-0.2, -0.15) is 0 Å². The predicted octanol–water partition coefficient (Wildman–Crippen LogP) is 2.52. The maximum atomic E-state index is 5.76. The Hall–Kier alpha value is -1.74. The molecule has 1 heterocycles. The van der Waals surface area contributed by atoms with Crippen molar-refractivity contribution in [3.05, 3.63) is 53.8 Å². The fourth-order valence-corrected chi connectivity index (χ4v) is 2.40. The van der Waals surface area contributed by atoms with E-state index in [0.29, 0.717) is 0 Å². The molecule has 0 amide bonds. The lowest BCUT2D eigenvalue weighted by Crippen LogP contribution is -2.26. The van der Waals surface area contributed by atoms with Gasteiger partial charge in [0.05, 0.1) is 17.3 Å². The van der Waals surface area contributed by atoms with E-state index in [-0.39, 0.29) is 5.92 Å². The molecular weight excluding hydrogens is 216 g/mol. The molecule has 0 spiro atoms. The Morgan fingerprint density at radius 3 is 2.94 bits per heavy atom. The lowest BCUT2D eigenvalue weighted by molar-refractivity contribution is 1.16. The zero-order valence-corrected chi connectivity index (χ0v) is 9.37. The van der Waals surface area contributed by atoms with Crippen molar-refractivity contribution in [1.82, 2.24) is 0 Å². The van der Waals surface area contributed by atoms with Crippen LogP contribution in [0.5, 0.6) is 0 Å². The quantitative estimate of drug-likeness (QED) is 0.690. The molecule has 16 heavy (non-hydrogen) atoms. The summed E-state index contributed by atoms with van der Waals surface area (Å²) < 4.78 is 0. The number of hydrogen-bond donors (Lipinski definition) is 1. The minimum absolute atomic E-state index is 0.109. The molecule has 1 unspecified atom stereocenters. The molecule has 0 saturated carbocycles. The number of fused-ring (bicyclic) bond motifs is 2. The Bertz CT molecular complexity index is 567. The highest BCUT2D eigenvalue weighted by Crippen LogP contribution is 2.31. The molecule has 2 nitrogen and oxygen atoms in total. The van der Waals surface area contributed by atoms with Crippen molar-refractivity contribution in [1.29, 1.82) is 0 Å². The van der Waals surface area contributed by atoms with Crippen LogP contribution in [0.4, 0.5) is 5.69 Å². The average Bonchev–Trinajstić information content (AvgIpc) is 2.29. The Morgan fingerprint density at radius 2 is 2.06 bits per heavy atom. The van der Waals surface area contributed by atoms with Crippen LogP contribution in [0.2, 0.25) is 0 Å². The van der Waals surface area contributed by atoms with Crippen molar-refractivity contribution in [2.75, 3.05) is 0 Å². The van der Waals surface area contributed by atoms with Crippen molar-refractivity contribution < 1.29 is 0 Å². The smallest absolute Gasteiger partial charge is 0.0717 e. The summed E-state index contributed by atoms with van der Waals surface area (Å²) in [6, 6.07) is 7.96. The van der Waals surface area contributed by atoms with Gasteiger partial charge in [0.2, 0.25) is 0 Å². The fourth-order valence-electron chi connectivity index (χ4n) is 2.02. The van der Waals surface area contributed by atoms with Gasteiger partial charge < -0.3 is 5.73 Å². The summed E-state index contributed by atoms with van der Waals surface area (Å²) in [4.78, 5) is 5.52. The van der Waals surface area contributed by atoms with E-state index in [1.807, 2.05) is 42.5 Å². The third-order valence-corrected chi connectivity index (χ3v) is 3.29. The molecule has 78 valence electrons. The molecule has 1 atom stereocenters. The summed E-state index contributed by atoms with van der Waals surface area (Å²) in [5, 5.41) is 0. The monoisotopic (exact) mass is 226 g/mol. The largest absolute Gasteiger partial charge is 0.399 e. The second-order valence-electron chi connectivity index (χ2n) is 3.90.